The first kappa shape index (κ1) is 25.3. The van der Waals surface area contributed by atoms with Crippen LogP contribution in [0.5, 0.6) is 0 Å². The maximum Gasteiger partial charge on any atom is 0.270 e. The average Bonchev–Trinajstić information content (AvgIpc) is 2.94. The average molecular weight is 532 g/mol. The van der Waals surface area contributed by atoms with Crippen LogP contribution in [0.15, 0.2) is 85.1 Å². The summed E-state index contributed by atoms with van der Waals surface area (Å²) < 4.78 is 15.0. The number of rotatable bonds is 6. The van der Waals surface area contributed by atoms with Crippen molar-refractivity contribution in [2.75, 3.05) is 29.9 Å². The van der Waals surface area contributed by atoms with Crippen molar-refractivity contribution >= 4 is 34.7 Å². The third-order valence-corrected chi connectivity index (χ3v) is 6.67. The Labute approximate surface area is 223 Å². The molecule has 4 aromatic rings. The van der Waals surface area contributed by atoms with Crippen molar-refractivity contribution in [1.29, 1.82) is 0 Å². The molecule has 1 aliphatic rings. The van der Waals surface area contributed by atoms with Gasteiger partial charge in [0.15, 0.2) is 0 Å². The van der Waals surface area contributed by atoms with Crippen LogP contribution < -0.4 is 15.5 Å². The van der Waals surface area contributed by atoms with E-state index >= 15 is 0 Å². The van der Waals surface area contributed by atoms with Gasteiger partial charge in [0.05, 0.1) is 11.0 Å². The van der Waals surface area contributed by atoms with Crippen LogP contribution in [0.4, 0.5) is 21.6 Å². The number of aromatic nitrogens is 1. The Kier molecular flexibility index (Phi) is 7.30. The number of amides is 1. The first-order chi connectivity index (χ1) is 18.4. The van der Waals surface area contributed by atoms with E-state index in [-0.39, 0.29) is 23.2 Å². The van der Waals surface area contributed by atoms with E-state index in [0.717, 1.165) is 29.9 Å². The Balaban J connectivity index is 1.47. The standard InChI is InChI=1S/C28H23ClFN5O3/c29-19-6-10-22(23(15-19)24-16-21(35(37)38)9-11-25(24)30)26-17-31-13-14-34(26)20-7-4-18(5-8-20)28(36)33-27-3-1-2-12-32-27/h1-12,15-16,26,31H,13-14,17H2,(H,32,33,36). The number of non-ortho nitro benzene ring substituents is 1. The maximum absolute atomic E-state index is 15.0. The molecule has 5 rings (SSSR count). The lowest BCUT2D eigenvalue weighted by Gasteiger charge is -2.39. The number of halogens is 2. The summed E-state index contributed by atoms with van der Waals surface area (Å²) in [5, 5.41) is 17.9. The molecule has 1 fully saturated rings. The fourth-order valence-electron chi connectivity index (χ4n) is 4.61. The smallest absolute Gasteiger partial charge is 0.270 e. The van der Waals surface area contributed by atoms with Crippen LogP contribution in [-0.4, -0.2) is 35.4 Å². The largest absolute Gasteiger partial charge is 0.362 e. The van der Waals surface area contributed by atoms with Gasteiger partial charge in [0, 0.05) is 59.8 Å². The van der Waals surface area contributed by atoms with E-state index in [9.17, 15) is 19.3 Å². The number of carbonyl (C=O) groups is 1. The predicted molar refractivity (Wildman–Crippen MR) is 145 cm³/mol. The van der Waals surface area contributed by atoms with E-state index < -0.39 is 10.7 Å². The van der Waals surface area contributed by atoms with Crippen LogP contribution in [-0.2, 0) is 0 Å². The first-order valence-electron chi connectivity index (χ1n) is 11.9. The summed E-state index contributed by atoms with van der Waals surface area (Å²) in [5.74, 6) is -0.377. The van der Waals surface area contributed by atoms with E-state index in [4.69, 9.17) is 11.6 Å². The van der Waals surface area contributed by atoms with Crippen LogP contribution in [0.25, 0.3) is 11.1 Å². The number of carbonyl (C=O) groups excluding carboxylic acids is 1. The number of piperazine rings is 1. The Hall–Kier alpha value is -4.34. The molecule has 3 aromatic carbocycles. The highest BCUT2D eigenvalue weighted by Crippen LogP contribution is 2.38. The van der Waals surface area contributed by atoms with Crippen LogP contribution in [0.2, 0.25) is 5.02 Å². The normalized spacial score (nSPS) is 15.2. The Morgan fingerprint density at radius 2 is 1.89 bits per heavy atom. The monoisotopic (exact) mass is 531 g/mol. The van der Waals surface area contributed by atoms with Gasteiger partial charge in [0.1, 0.15) is 11.6 Å². The van der Waals surface area contributed by atoms with Crippen LogP contribution >= 0.6 is 11.6 Å². The van der Waals surface area contributed by atoms with Gasteiger partial charge in [-0.15, -0.1) is 0 Å². The minimum absolute atomic E-state index is 0.115. The molecule has 0 bridgehead atoms. The SMILES string of the molecule is O=C(Nc1ccccn1)c1ccc(N2CCNCC2c2ccc(Cl)cc2-c2cc([N+](=O)[O-])ccc2F)cc1. The number of nitrogens with one attached hydrogen (secondary N) is 2. The van der Waals surface area contributed by atoms with Gasteiger partial charge < -0.3 is 15.5 Å². The number of hydrogen-bond acceptors (Lipinski definition) is 6. The highest BCUT2D eigenvalue weighted by Gasteiger charge is 2.28. The van der Waals surface area contributed by atoms with Gasteiger partial charge >= 0.3 is 0 Å². The lowest BCUT2D eigenvalue weighted by Crippen LogP contribution is -2.46. The fourth-order valence-corrected chi connectivity index (χ4v) is 4.78. The van der Waals surface area contributed by atoms with Crippen molar-refractivity contribution < 1.29 is 14.1 Å². The molecule has 2 N–H and O–H groups in total. The van der Waals surface area contributed by atoms with Crippen LogP contribution in [0.1, 0.15) is 22.0 Å². The Morgan fingerprint density at radius 1 is 1.08 bits per heavy atom. The molecule has 2 heterocycles. The van der Waals surface area contributed by atoms with E-state index in [0.29, 0.717) is 35.1 Å². The molecule has 1 aromatic heterocycles. The van der Waals surface area contributed by atoms with Crippen molar-refractivity contribution in [3.8, 4) is 11.1 Å². The highest BCUT2D eigenvalue weighted by molar-refractivity contribution is 6.30. The number of pyridine rings is 1. The van der Waals surface area contributed by atoms with Gasteiger partial charge in [-0.1, -0.05) is 23.7 Å². The topological polar surface area (TPSA) is 100 Å². The number of hydrogen-bond donors (Lipinski definition) is 2. The van der Waals surface area contributed by atoms with Gasteiger partial charge in [0.25, 0.3) is 11.6 Å². The summed E-state index contributed by atoms with van der Waals surface area (Å²) in [6, 6.07) is 21.0. The molecule has 1 aliphatic heterocycles. The minimum atomic E-state index is -0.572. The van der Waals surface area contributed by atoms with Gasteiger partial charge in [-0.2, -0.15) is 0 Å². The number of nitro groups is 1. The molecule has 10 heteroatoms. The van der Waals surface area contributed by atoms with Crippen molar-refractivity contribution in [3.05, 3.63) is 117 Å². The Morgan fingerprint density at radius 3 is 2.63 bits per heavy atom. The molecule has 38 heavy (non-hydrogen) atoms. The van der Waals surface area contributed by atoms with Crippen LogP contribution in [0, 0.1) is 15.9 Å². The van der Waals surface area contributed by atoms with E-state index in [1.807, 2.05) is 18.2 Å². The molecule has 1 atom stereocenters. The summed E-state index contributed by atoms with van der Waals surface area (Å²) in [5.41, 5.74) is 2.54. The highest BCUT2D eigenvalue weighted by atomic mass is 35.5. The van der Waals surface area contributed by atoms with Gasteiger partial charge in [-0.05, 0) is 65.7 Å². The van der Waals surface area contributed by atoms with Gasteiger partial charge in [0.2, 0.25) is 0 Å². The van der Waals surface area contributed by atoms with Crippen molar-refractivity contribution in [3.63, 3.8) is 0 Å². The second kappa shape index (κ2) is 11.0. The minimum Gasteiger partial charge on any atom is -0.362 e. The summed E-state index contributed by atoms with van der Waals surface area (Å²) in [4.78, 5) is 29.8. The molecule has 192 valence electrons. The molecule has 0 saturated carbocycles. The zero-order valence-electron chi connectivity index (χ0n) is 20.1. The van der Waals surface area contributed by atoms with E-state index in [2.05, 4.69) is 20.5 Å². The van der Waals surface area contributed by atoms with E-state index in [1.54, 1.807) is 48.7 Å². The van der Waals surface area contributed by atoms with Crippen LogP contribution in [0.3, 0.4) is 0 Å². The van der Waals surface area contributed by atoms with Gasteiger partial charge in [-0.25, -0.2) is 9.37 Å². The molecule has 0 spiro atoms. The summed E-state index contributed by atoms with van der Waals surface area (Å²) in [6.45, 7) is 1.95. The molecule has 0 aliphatic carbocycles. The second-order valence-electron chi connectivity index (χ2n) is 8.78. The summed E-state index contributed by atoms with van der Waals surface area (Å²) in [7, 11) is 0. The molecule has 1 amide bonds. The fraction of sp³-hybridized carbons (Fsp3) is 0.143. The zero-order valence-corrected chi connectivity index (χ0v) is 20.9. The first-order valence-corrected chi connectivity index (χ1v) is 12.3. The number of anilines is 2. The molecule has 8 nitrogen and oxygen atoms in total. The molecule has 0 radical (unpaired) electrons. The quantitative estimate of drug-likeness (QED) is 0.239. The predicted octanol–water partition coefficient (Wildman–Crippen LogP) is 5.85. The van der Waals surface area contributed by atoms with Crippen molar-refractivity contribution in [2.24, 2.45) is 0 Å². The maximum atomic E-state index is 15.0. The third kappa shape index (κ3) is 5.34. The lowest BCUT2D eigenvalue weighted by atomic mass is 9.92. The summed E-state index contributed by atoms with van der Waals surface area (Å²) in [6.07, 6.45) is 1.60. The van der Waals surface area contributed by atoms with Gasteiger partial charge in [-0.3, -0.25) is 14.9 Å². The number of nitro benzene ring substituents is 1. The van der Waals surface area contributed by atoms with Crippen molar-refractivity contribution in [1.82, 2.24) is 10.3 Å². The molecule has 1 saturated heterocycles. The Bertz CT molecular complexity index is 1480. The molecular formula is C28H23ClFN5O3. The number of nitrogens with zero attached hydrogens (tertiary/aromatic N) is 3. The second-order valence-corrected chi connectivity index (χ2v) is 9.22. The summed E-state index contributed by atoms with van der Waals surface area (Å²) >= 11 is 6.29. The third-order valence-electron chi connectivity index (χ3n) is 6.44. The molecule has 1 unspecified atom stereocenters. The van der Waals surface area contributed by atoms with Crippen molar-refractivity contribution in [2.45, 2.75) is 6.04 Å². The molecular weight excluding hydrogens is 509 g/mol. The lowest BCUT2D eigenvalue weighted by molar-refractivity contribution is -0.384. The zero-order chi connectivity index (χ0) is 26.6. The van der Waals surface area contributed by atoms with E-state index in [1.165, 1.54) is 6.07 Å². The number of benzene rings is 3.